The molecule has 0 atom stereocenters. The molecule has 5 aromatic rings. The number of hydrogen-bond donors (Lipinski definition) is 0. The van der Waals surface area contributed by atoms with Crippen molar-refractivity contribution in [3.63, 3.8) is 0 Å². The number of para-hydroxylation sites is 2. The predicted molar refractivity (Wildman–Crippen MR) is 110 cm³/mol. The Morgan fingerprint density at radius 1 is 0.821 bits per heavy atom. The van der Waals surface area contributed by atoms with Crippen LogP contribution in [0.25, 0.3) is 28.2 Å². The normalized spacial score (nSPS) is 11.4. The molecule has 5 nitrogen and oxygen atoms in total. The minimum atomic E-state index is -0.145. The van der Waals surface area contributed by atoms with Crippen molar-refractivity contribution in [3.05, 3.63) is 89.5 Å². The molecule has 5 heteroatoms. The lowest BCUT2D eigenvalue weighted by Crippen LogP contribution is -2.14. The van der Waals surface area contributed by atoms with Crippen molar-refractivity contribution < 1.29 is 4.79 Å². The van der Waals surface area contributed by atoms with Crippen LogP contribution in [-0.2, 0) is 0 Å². The first kappa shape index (κ1) is 16.4. The maximum atomic E-state index is 13.4. The van der Waals surface area contributed by atoms with Crippen LogP contribution >= 0.6 is 0 Å². The second-order valence-corrected chi connectivity index (χ2v) is 7.01. The van der Waals surface area contributed by atoms with Crippen molar-refractivity contribution in [2.45, 2.75) is 13.8 Å². The van der Waals surface area contributed by atoms with Crippen molar-refractivity contribution in [2.75, 3.05) is 0 Å². The highest BCUT2D eigenvalue weighted by atomic mass is 16.2. The molecule has 0 saturated carbocycles. The molecule has 0 fully saturated rings. The minimum Gasteiger partial charge on any atom is -0.268 e. The van der Waals surface area contributed by atoms with Crippen LogP contribution in [0.15, 0.2) is 72.8 Å². The Labute approximate surface area is 161 Å². The highest BCUT2D eigenvalue weighted by Crippen LogP contribution is 2.25. The minimum absolute atomic E-state index is 0.145. The highest BCUT2D eigenvalue weighted by Gasteiger charge is 2.22. The van der Waals surface area contributed by atoms with Crippen molar-refractivity contribution in [1.29, 1.82) is 0 Å². The molecular weight excluding hydrogens is 348 g/mol. The largest absolute Gasteiger partial charge is 0.268 e. The maximum Gasteiger partial charge on any atom is 0.266 e. The van der Waals surface area contributed by atoms with Gasteiger partial charge in [-0.2, -0.15) is 4.52 Å². The molecule has 2 aromatic heterocycles. The topological polar surface area (TPSA) is 52.2 Å². The second-order valence-electron chi connectivity index (χ2n) is 7.01. The molecule has 0 radical (unpaired) electrons. The first-order valence-corrected chi connectivity index (χ1v) is 9.16. The third kappa shape index (κ3) is 2.52. The zero-order valence-electron chi connectivity index (χ0n) is 15.6. The van der Waals surface area contributed by atoms with Crippen LogP contribution in [0.3, 0.4) is 0 Å². The summed E-state index contributed by atoms with van der Waals surface area (Å²) in [6.07, 6.45) is 0. The number of rotatable bonds is 2. The molecule has 0 N–H and O–H groups in total. The molecule has 0 amide bonds. The number of nitrogens with zero attached hydrogens (tertiary/aromatic N) is 4. The van der Waals surface area contributed by atoms with E-state index in [-0.39, 0.29) is 5.91 Å². The van der Waals surface area contributed by atoms with Crippen molar-refractivity contribution in [3.8, 4) is 11.4 Å². The molecule has 0 bridgehead atoms. The first-order valence-electron chi connectivity index (χ1n) is 9.16. The third-order valence-electron chi connectivity index (χ3n) is 4.94. The number of imidazole rings is 1. The Morgan fingerprint density at radius 3 is 2.18 bits per heavy atom. The van der Waals surface area contributed by atoms with Gasteiger partial charge in [0.2, 0.25) is 5.78 Å². The Balaban J connectivity index is 1.80. The van der Waals surface area contributed by atoms with Crippen LogP contribution < -0.4 is 0 Å². The summed E-state index contributed by atoms with van der Waals surface area (Å²) in [5.41, 5.74) is 5.43. The fourth-order valence-electron chi connectivity index (χ4n) is 3.38. The predicted octanol–water partition coefficient (Wildman–Crippen LogP) is 4.66. The average molecular weight is 366 g/mol. The SMILES string of the molecule is Cc1ccc(C(=O)n2c(-c3ccc(C)cc3)nn3c4ccccc4nc23)cc1. The molecule has 28 heavy (non-hydrogen) atoms. The van der Waals surface area contributed by atoms with Gasteiger partial charge in [0.1, 0.15) is 0 Å². The van der Waals surface area contributed by atoms with E-state index < -0.39 is 0 Å². The highest BCUT2D eigenvalue weighted by molar-refractivity contribution is 6.01. The maximum absolute atomic E-state index is 13.4. The summed E-state index contributed by atoms with van der Waals surface area (Å²) in [4.78, 5) is 18.1. The van der Waals surface area contributed by atoms with Gasteiger partial charge < -0.3 is 0 Å². The molecule has 0 aliphatic carbocycles. The van der Waals surface area contributed by atoms with Gasteiger partial charge in [0.15, 0.2) is 5.82 Å². The molecule has 3 aromatic carbocycles. The Bertz CT molecular complexity index is 1330. The van der Waals surface area contributed by atoms with Crippen LogP contribution in [0, 0.1) is 13.8 Å². The number of aryl methyl sites for hydroxylation is 2. The van der Waals surface area contributed by atoms with Crippen molar-refractivity contribution in [1.82, 2.24) is 19.2 Å². The van der Waals surface area contributed by atoms with Crippen molar-refractivity contribution >= 4 is 22.7 Å². The molecular formula is C23H18N4O. The lowest BCUT2D eigenvalue weighted by atomic mass is 10.1. The van der Waals surface area contributed by atoms with Crippen molar-refractivity contribution in [2.24, 2.45) is 0 Å². The Hall–Kier alpha value is -3.73. The number of aromatic nitrogens is 4. The van der Waals surface area contributed by atoms with Gasteiger partial charge in [-0.3, -0.25) is 4.79 Å². The fourth-order valence-corrected chi connectivity index (χ4v) is 3.38. The summed E-state index contributed by atoms with van der Waals surface area (Å²) in [6.45, 7) is 4.04. The lowest BCUT2D eigenvalue weighted by Gasteiger charge is -2.07. The summed E-state index contributed by atoms with van der Waals surface area (Å²) >= 11 is 0. The van der Waals surface area contributed by atoms with Gasteiger partial charge in [-0.05, 0) is 38.1 Å². The molecule has 2 heterocycles. The standard InChI is InChI=1S/C23H18N4O/c1-15-7-11-17(12-8-15)21-25-27-20-6-4-3-5-19(20)24-23(27)26(21)22(28)18-13-9-16(2)10-14-18/h3-14H,1-2H3. The Kier molecular flexibility index (Phi) is 3.62. The molecule has 0 spiro atoms. The summed E-state index contributed by atoms with van der Waals surface area (Å²) in [5, 5.41) is 4.76. The van der Waals surface area contributed by atoms with Gasteiger partial charge in [0, 0.05) is 11.1 Å². The second kappa shape index (κ2) is 6.16. The molecule has 0 unspecified atom stereocenters. The molecule has 5 rings (SSSR count). The van der Waals surface area contributed by atoms with Crippen LogP contribution in [-0.4, -0.2) is 25.1 Å². The van der Waals surface area contributed by atoms with Gasteiger partial charge in [-0.25, -0.2) is 9.55 Å². The smallest absolute Gasteiger partial charge is 0.266 e. The van der Waals surface area contributed by atoms with E-state index in [2.05, 4.69) is 4.98 Å². The average Bonchev–Trinajstić information content (AvgIpc) is 3.25. The zero-order valence-corrected chi connectivity index (χ0v) is 15.6. The van der Waals surface area contributed by atoms with Gasteiger partial charge in [-0.15, -0.1) is 5.10 Å². The monoisotopic (exact) mass is 366 g/mol. The van der Waals surface area contributed by atoms with E-state index in [4.69, 9.17) is 5.10 Å². The summed E-state index contributed by atoms with van der Waals surface area (Å²) < 4.78 is 3.35. The van der Waals surface area contributed by atoms with E-state index in [0.717, 1.165) is 27.7 Å². The molecule has 0 saturated heterocycles. The van der Waals surface area contributed by atoms with E-state index in [1.165, 1.54) is 0 Å². The number of fused-ring (bicyclic) bond motifs is 3. The van der Waals surface area contributed by atoms with Gasteiger partial charge in [-0.1, -0.05) is 59.7 Å². The van der Waals surface area contributed by atoms with Gasteiger partial charge in [0.25, 0.3) is 5.91 Å². The summed E-state index contributed by atoms with van der Waals surface area (Å²) in [7, 11) is 0. The fraction of sp³-hybridized carbons (Fsp3) is 0.0870. The number of carbonyl (C=O) groups is 1. The number of carbonyl (C=O) groups excluding carboxylic acids is 1. The van der Waals surface area contributed by atoms with Crippen LogP contribution in [0.1, 0.15) is 21.5 Å². The van der Waals surface area contributed by atoms with Crippen LogP contribution in [0.5, 0.6) is 0 Å². The van der Waals surface area contributed by atoms with E-state index in [0.29, 0.717) is 17.2 Å². The Morgan fingerprint density at radius 2 is 1.46 bits per heavy atom. The quantitative estimate of drug-likeness (QED) is 0.457. The number of benzene rings is 3. The van der Waals surface area contributed by atoms with E-state index in [1.54, 1.807) is 9.08 Å². The number of hydrogen-bond acceptors (Lipinski definition) is 3. The lowest BCUT2D eigenvalue weighted by molar-refractivity contribution is 0.0965. The third-order valence-corrected chi connectivity index (χ3v) is 4.94. The molecule has 136 valence electrons. The first-order chi connectivity index (χ1) is 13.6. The van der Waals surface area contributed by atoms with Crippen LogP contribution in [0.2, 0.25) is 0 Å². The summed E-state index contributed by atoms with van der Waals surface area (Å²) in [6, 6.07) is 23.3. The van der Waals surface area contributed by atoms with Gasteiger partial charge in [0.05, 0.1) is 11.0 Å². The van der Waals surface area contributed by atoms with E-state index in [9.17, 15) is 4.79 Å². The zero-order chi connectivity index (χ0) is 19.3. The van der Waals surface area contributed by atoms with E-state index in [1.807, 2.05) is 86.6 Å². The summed E-state index contributed by atoms with van der Waals surface area (Å²) in [5.74, 6) is 0.953. The molecule has 0 aliphatic rings. The van der Waals surface area contributed by atoms with Gasteiger partial charge >= 0.3 is 0 Å². The van der Waals surface area contributed by atoms with Crippen LogP contribution in [0.4, 0.5) is 0 Å². The molecule has 0 aliphatic heterocycles. The van der Waals surface area contributed by atoms with E-state index >= 15 is 0 Å².